The number of hydrogen-bond acceptors (Lipinski definition) is 0. The molecule has 0 aliphatic carbocycles. The molecule has 0 fully saturated rings. The van der Waals surface area contributed by atoms with Crippen LogP contribution < -0.4 is 0 Å². The molecule has 0 aliphatic heterocycles. The van der Waals surface area contributed by atoms with Crippen molar-refractivity contribution in [1.29, 1.82) is 0 Å². The Hall–Kier alpha value is 0.324. The summed E-state index contributed by atoms with van der Waals surface area (Å²) in [5.74, 6) is 0. The van der Waals surface area contributed by atoms with Gasteiger partial charge in [0.05, 0.1) is 0 Å². The van der Waals surface area contributed by atoms with Crippen LogP contribution in [0.2, 0.25) is 0 Å². The molecule has 1 aromatic rings. The van der Waals surface area contributed by atoms with Gasteiger partial charge in [0.2, 0.25) is 0 Å². The standard InChI is InChI=1S/C9H10.Y/c1-2-6-9-7-4-3-5-8-9;/h2-5,7H,6H2,1H3;/q-2;. The van der Waals surface area contributed by atoms with Crippen LogP contribution in [0.4, 0.5) is 0 Å². The van der Waals surface area contributed by atoms with E-state index in [0.29, 0.717) is 0 Å². The Labute approximate surface area is 87.9 Å². The smallest absolute Gasteiger partial charge is 0 e. The fourth-order valence-corrected chi connectivity index (χ4v) is 0.777. The normalized spacial score (nSPS) is 8.50. The Bertz CT molecular complexity index is 158. The Morgan fingerprint density at radius 1 is 1.50 bits per heavy atom. The molecule has 0 bridgehead atoms. The van der Waals surface area contributed by atoms with Gasteiger partial charge in [-0.1, -0.05) is 0 Å². The van der Waals surface area contributed by atoms with E-state index in [-0.39, 0.29) is 32.7 Å². The Morgan fingerprint density at radius 3 is 2.80 bits per heavy atom. The minimum absolute atomic E-state index is 0. The molecule has 0 spiro atoms. The van der Waals surface area contributed by atoms with Crippen molar-refractivity contribution in [2.45, 2.75) is 13.3 Å². The summed E-state index contributed by atoms with van der Waals surface area (Å²) in [7, 11) is 0. The fourth-order valence-electron chi connectivity index (χ4n) is 0.777. The van der Waals surface area contributed by atoms with Crippen molar-refractivity contribution >= 4 is 0 Å². The van der Waals surface area contributed by atoms with E-state index >= 15 is 0 Å². The minimum atomic E-state index is 0. The van der Waals surface area contributed by atoms with Crippen LogP contribution in [0, 0.1) is 12.5 Å². The van der Waals surface area contributed by atoms with Gasteiger partial charge in [0, 0.05) is 32.7 Å². The molecule has 0 aliphatic rings. The Morgan fingerprint density at radius 2 is 2.30 bits per heavy atom. The maximum absolute atomic E-state index is 3.14. The zero-order chi connectivity index (χ0) is 6.53. The monoisotopic (exact) mass is 207 g/mol. The van der Waals surface area contributed by atoms with E-state index in [2.05, 4.69) is 25.5 Å². The topological polar surface area (TPSA) is 0 Å². The molecule has 0 saturated carbocycles. The van der Waals surface area contributed by atoms with Crippen LogP contribution >= 0.6 is 0 Å². The third-order valence-corrected chi connectivity index (χ3v) is 1.20. The maximum Gasteiger partial charge on any atom is 0 e. The summed E-state index contributed by atoms with van der Waals surface area (Å²) in [6, 6.07) is 11.2. The van der Waals surface area contributed by atoms with Gasteiger partial charge in [-0.05, 0) is 0 Å². The van der Waals surface area contributed by atoms with Crippen molar-refractivity contribution in [2.24, 2.45) is 0 Å². The van der Waals surface area contributed by atoms with Gasteiger partial charge in [-0.15, -0.1) is 0 Å². The van der Waals surface area contributed by atoms with Crippen LogP contribution in [0.3, 0.4) is 0 Å². The molecule has 0 aromatic heterocycles. The zero-order valence-corrected chi connectivity index (χ0v) is 9.01. The quantitative estimate of drug-likeness (QED) is 0.652. The second-order valence-electron chi connectivity index (χ2n) is 2.00. The minimum Gasteiger partial charge on any atom is -0.329 e. The molecule has 0 nitrogen and oxygen atoms in total. The fraction of sp³-hybridized carbons (Fsp3) is 0.222. The third-order valence-electron chi connectivity index (χ3n) is 1.20. The van der Waals surface area contributed by atoms with E-state index in [4.69, 9.17) is 0 Å². The Balaban J connectivity index is 0.000000810. The number of hydrogen-bond donors (Lipinski definition) is 0. The van der Waals surface area contributed by atoms with Crippen LogP contribution in [0.25, 0.3) is 0 Å². The van der Waals surface area contributed by atoms with E-state index in [0.717, 1.165) is 6.42 Å². The summed E-state index contributed by atoms with van der Waals surface area (Å²) in [6.45, 7) is 2.06. The molecule has 10 heavy (non-hydrogen) atoms. The zero-order valence-electron chi connectivity index (χ0n) is 6.17. The predicted molar refractivity (Wildman–Crippen MR) is 39.0 cm³/mol. The second kappa shape index (κ2) is 6.06. The molecule has 0 unspecified atom stereocenters. The van der Waals surface area contributed by atoms with E-state index in [1.54, 1.807) is 0 Å². The first-order valence-corrected chi connectivity index (χ1v) is 3.17. The van der Waals surface area contributed by atoms with Crippen molar-refractivity contribution in [3.05, 3.63) is 42.3 Å². The maximum atomic E-state index is 3.14. The first kappa shape index (κ1) is 10.3. The van der Waals surface area contributed by atoms with Gasteiger partial charge in [0.1, 0.15) is 0 Å². The van der Waals surface area contributed by atoms with Gasteiger partial charge < -0.3 is 6.42 Å². The average molecular weight is 207 g/mol. The molecule has 0 amide bonds. The molecular weight excluding hydrogens is 197 g/mol. The Kier molecular flexibility index (Phi) is 6.26. The summed E-state index contributed by atoms with van der Waals surface area (Å²) >= 11 is 0. The summed E-state index contributed by atoms with van der Waals surface area (Å²) in [4.78, 5) is 0. The van der Waals surface area contributed by atoms with Gasteiger partial charge in [-0.3, -0.25) is 0 Å². The molecule has 1 heteroatoms. The van der Waals surface area contributed by atoms with E-state index < -0.39 is 0 Å². The van der Waals surface area contributed by atoms with Crippen molar-refractivity contribution in [2.75, 3.05) is 0 Å². The molecule has 1 radical (unpaired) electrons. The second-order valence-corrected chi connectivity index (χ2v) is 2.00. The van der Waals surface area contributed by atoms with Crippen molar-refractivity contribution < 1.29 is 32.7 Å². The number of benzene rings is 1. The van der Waals surface area contributed by atoms with Crippen LogP contribution in [0.5, 0.6) is 0 Å². The average Bonchev–Trinajstić information content (AvgIpc) is 1.91. The third kappa shape index (κ3) is 3.48. The summed E-state index contributed by atoms with van der Waals surface area (Å²) in [5, 5.41) is 0. The first-order chi connectivity index (χ1) is 4.43. The van der Waals surface area contributed by atoms with Crippen LogP contribution in [-0.4, -0.2) is 0 Å². The molecule has 1 rings (SSSR count). The predicted octanol–water partition coefficient (Wildman–Crippen LogP) is 2.25. The van der Waals surface area contributed by atoms with Gasteiger partial charge in [0.25, 0.3) is 0 Å². The van der Waals surface area contributed by atoms with Crippen LogP contribution in [0.15, 0.2) is 24.3 Å². The summed E-state index contributed by atoms with van der Waals surface area (Å²) < 4.78 is 0. The molecular formula is C9H10Y-2. The van der Waals surface area contributed by atoms with Crippen LogP contribution in [0.1, 0.15) is 12.5 Å². The van der Waals surface area contributed by atoms with Crippen molar-refractivity contribution in [1.82, 2.24) is 0 Å². The van der Waals surface area contributed by atoms with Gasteiger partial charge in [0.15, 0.2) is 0 Å². The van der Waals surface area contributed by atoms with Gasteiger partial charge in [-0.2, -0.15) is 49.2 Å². The van der Waals surface area contributed by atoms with Crippen molar-refractivity contribution in [3.63, 3.8) is 0 Å². The SMILES string of the molecule is C[CH-]Cc1[c-]cccc1.[Y]. The molecule has 51 valence electrons. The summed E-state index contributed by atoms with van der Waals surface area (Å²) in [6.07, 6.45) is 3.16. The van der Waals surface area contributed by atoms with Gasteiger partial charge >= 0.3 is 0 Å². The van der Waals surface area contributed by atoms with E-state index in [1.807, 2.05) is 18.2 Å². The van der Waals surface area contributed by atoms with Crippen molar-refractivity contribution in [3.8, 4) is 0 Å². The van der Waals surface area contributed by atoms with E-state index in [9.17, 15) is 0 Å². The number of rotatable bonds is 2. The molecule has 0 saturated heterocycles. The molecule has 0 atom stereocenters. The molecule has 0 heterocycles. The first-order valence-electron chi connectivity index (χ1n) is 3.17. The molecule has 0 N–H and O–H groups in total. The van der Waals surface area contributed by atoms with Gasteiger partial charge in [-0.25, -0.2) is 0 Å². The largest absolute Gasteiger partial charge is 0.329 e. The summed E-state index contributed by atoms with van der Waals surface area (Å²) in [5.41, 5.74) is 1.26. The van der Waals surface area contributed by atoms with Crippen LogP contribution in [-0.2, 0) is 39.1 Å². The van der Waals surface area contributed by atoms with E-state index in [1.165, 1.54) is 5.56 Å². The molecule has 1 aromatic carbocycles.